The van der Waals surface area contributed by atoms with Crippen molar-refractivity contribution >= 4 is 29.3 Å². The lowest BCUT2D eigenvalue weighted by atomic mass is 9.74. The highest BCUT2D eigenvalue weighted by molar-refractivity contribution is 9.10. The van der Waals surface area contributed by atoms with Crippen LogP contribution in [-0.4, -0.2) is 26.6 Å². The molecule has 6 heteroatoms. The number of hydrogen-bond donors (Lipinski definition) is 2. The van der Waals surface area contributed by atoms with E-state index in [1.807, 2.05) is 0 Å². The molecule has 0 saturated heterocycles. The molecule has 0 aromatic heterocycles. The van der Waals surface area contributed by atoms with Crippen molar-refractivity contribution < 1.29 is 19.1 Å². The molecule has 0 spiro atoms. The van der Waals surface area contributed by atoms with Gasteiger partial charge in [0.1, 0.15) is 5.78 Å². The highest BCUT2D eigenvalue weighted by atomic mass is 79.9. The zero-order chi connectivity index (χ0) is 13.3. The molecule has 0 aromatic rings. The zero-order valence-corrected chi connectivity index (χ0v) is 12.7. The maximum absolute atomic E-state index is 11.5. The number of rotatable bonds is 5. The summed E-state index contributed by atoms with van der Waals surface area (Å²) >= 11 is 3.36. The summed E-state index contributed by atoms with van der Waals surface area (Å²) in [6.45, 7) is 4.16. The number of carbonyl (C=O) groups excluding carboxylic acids is 1. The standard InChI is InChI=1S/C11H20BrO4P/c1-11(2,4-3-5-17(14,15)16)8-6-9(12)10(13)7-8/h8-9H,3-7H2,1-2H3,(H2,14,15,16). The summed E-state index contributed by atoms with van der Waals surface area (Å²) in [6.07, 6.45) is 2.61. The molecule has 0 heterocycles. The van der Waals surface area contributed by atoms with Gasteiger partial charge in [0.15, 0.2) is 0 Å². The van der Waals surface area contributed by atoms with E-state index in [-0.39, 0.29) is 22.2 Å². The average Bonchev–Trinajstić information content (AvgIpc) is 2.45. The lowest BCUT2D eigenvalue weighted by Crippen LogP contribution is -2.22. The van der Waals surface area contributed by atoms with E-state index in [1.54, 1.807) is 0 Å². The Morgan fingerprint density at radius 1 is 1.47 bits per heavy atom. The molecule has 2 unspecified atom stereocenters. The molecule has 1 aliphatic carbocycles. The van der Waals surface area contributed by atoms with E-state index in [0.29, 0.717) is 18.8 Å². The van der Waals surface area contributed by atoms with Crippen LogP contribution in [0.25, 0.3) is 0 Å². The number of alkyl halides is 1. The molecular formula is C11H20BrO4P. The van der Waals surface area contributed by atoms with E-state index < -0.39 is 7.60 Å². The van der Waals surface area contributed by atoms with Crippen molar-refractivity contribution in [2.45, 2.75) is 44.4 Å². The highest BCUT2D eigenvalue weighted by Crippen LogP contribution is 2.45. The number of ketones is 1. The fourth-order valence-electron chi connectivity index (χ4n) is 2.38. The molecule has 0 amide bonds. The van der Waals surface area contributed by atoms with Crippen molar-refractivity contribution in [1.29, 1.82) is 0 Å². The molecule has 1 fully saturated rings. The average molecular weight is 327 g/mol. The molecule has 1 rings (SSSR count). The van der Waals surface area contributed by atoms with Crippen LogP contribution in [0.1, 0.15) is 39.5 Å². The molecule has 0 aromatic carbocycles. The van der Waals surface area contributed by atoms with E-state index in [4.69, 9.17) is 9.79 Å². The van der Waals surface area contributed by atoms with Gasteiger partial charge in [0.05, 0.1) is 4.83 Å². The van der Waals surface area contributed by atoms with Crippen molar-refractivity contribution in [2.75, 3.05) is 6.16 Å². The number of Topliss-reactive ketones (excluding diaryl/α,β-unsaturated/α-hetero) is 1. The first-order chi connectivity index (χ1) is 7.62. The SMILES string of the molecule is CC(C)(CCCP(=O)(O)O)C1CC(=O)C(Br)C1. The Hall–Kier alpha value is 0.300. The fraction of sp³-hybridized carbons (Fsp3) is 0.909. The second kappa shape index (κ2) is 5.52. The topological polar surface area (TPSA) is 74.6 Å². The molecule has 0 aliphatic heterocycles. The van der Waals surface area contributed by atoms with Crippen LogP contribution in [0.4, 0.5) is 0 Å². The van der Waals surface area contributed by atoms with E-state index in [1.165, 1.54) is 0 Å². The Labute approximate surface area is 110 Å². The van der Waals surface area contributed by atoms with E-state index >= 15 is 0 Å². The monoisotopic (exact) mass is 326 g/mol. The van der Waals surface area contributed by atoms with Crippen LogP contribution < -0.4 is 0 Å². The first kappa shape index (κ1) is 15.4. The Balaban J connectivity index is 2.46. The van der Waals surface area contributed by atoms with Gasteiger partial charge >= 0.3 is 7.60 Å². The minimum Gasteiger partial charge on any atom is -0.324 e. The van der Waals surface area contributed by atoms with Gasteiger partial charge in [0.2, 0.25) is 0 Å². The third-order valence-corrected chi connectivity index (χ3v) is 5.45. The molecule has 1 aliphatic rings. The van der Waals surface area contributed by atoms with Crippen LogP contribution in [-0.2, 0) is 9.36 Å². The second-order valence-corrected chi connectivity index (χ2v) is 8.43. The predicted octanol–water partition coefficient (Wildman–Crippen LogP) is 2.71. The molecule has 1 saturated carbocycles. The Bertz CT molecular complexity index is 336. The second-order valence-electron chi connectivity index (χ2n) is 5.55. The van der Waals surface area contributed by atoms with Gasteiger partial charge in [-0.25, -0.2) is 0 Å². The molecule has 0 radical (unpaired) electrons. The first-order valence-corrected chi connectivity index (χ1v) is 8.54. The highest BCUT2D eigenvalue weighted by Gasteiger charge is 2.39. The normalized spacial score (nSPS) is 26.5. The van der Waals surface area contributed by atoms with Gasteiger partial charge < -0.3 is 9.79 Å². The first-order valence-electron chi connectivity index (χ1n) is 5.83. The van der Waals surface area contributed by atoms with Crippen LogP contribution in [0.5, 0.6) is 0 Å². The third-order valence-electron chi connectivity index (χ3n) is 3.66. The zero-order valence-electron chi connectivity index (χ0n) is 10.2. The molecule has 2 N–H and O–H groups in total. The van der Waals surface area contributed by atoms with Crippen molar-refractivity contribution in [3.8, 4) is 0 Å². The Kier molecular flexibility index (Phi) is 4.98. The molecule has 17 heavy (non-hydrogen) atoms. The Morgan fingerprint density at radius 2 is 2.06 bits per heavy atom. The van der Waals surface area contributed by atoms with Crippen LogP contribution in [0, 0.1) is 11.3 Å². The van der Waals surface area contributed by atoms with Gasteiger partial charge in [-0.3, -0.25) is 9.36 Å². The maximum atomic E-state index is 11.5. The van der Waals surface area contributed by atoms with E-state index in [9.17, 15) is 9.36 Å². The van der Waals surface area contributed by atoms with Gasteiger partial charge in [-0.2, -0.15) is 0 Å². The maximum Gasteiger partial charge on any atom is 0.325 e. The summed E-state index contributed by atoms with van der Waals surface area (Å²) in [5.74, 6) is 0.564. The predicted molar refractivity (Wildman–Crippen MR) is 70.4 cm³/mol. The number of halogens is 1. The molecule has 2 atom stereocenters. The third kappa shape index (κ3) is 4.82. The van der Waals surface area contributed by atoms with Crippen molar-refractivity contribution in [2.24, 2.45) is 11.3 Å². The van der Waals surface area contributed by atoms with E-state index in [0.717, 1.165) is 12.8 Å². The van der Waals surface area contributed by atoms with Crippen molar-refractivity contribution in [3.05, 3.63) is 0 Å². The summed E-state index contributed by atoms with van der Waals surface area (Å²) in [5, 5.41) is 0. The summed E-state index contributed by atoms with van der Waals surface area (Å²) < 4.78 is 10.8. The minimum absolute atomic E-state index is 0.0337. The smallest absolute Gasteiger partial charge is 0.324 e. The van der Waals surface area contributed by atoms with Crippen LogP contribution in [0.2, 0.25) is 0 Å². The van der Waals surface area contributed by atoms with Gasteiger partial charge in [-0.1, -0.05) is 29.8 Å². The van der Waals surface area contributed by atoms with Crippen LogP contribution >= 0.6 is 23.5 Å². The molecule has 100 valence electrons. The van der Waals surface area contributed by atoms with E-state index in [2.05, 4.69) is 29.8 Å². The van der Waals surface area contributed by atoms with Crippen LogP contribution in [0.15, 0.2) is 0 Å². The molecular weight excluding hydrogens is 307 g/mol. The quantitative estimate of drug-likeness (QED) is 0.601. The largest absolute Gasteiger partial charge is 0.325 e. The summed E-state index contributed by atoms with van der Waals surface area (Å²) in [7, 11) is -3.88. The number of carbonyl (C=O) groups is 1. The molecule has 0 bridgehead atoms. The van der Waals surface area contributed by atoms with Crippen molar-refractivity contribution in [3.63, 3.8) is 0 Å². The van der Waals surface area contributed by atoms with Gasteiger partial charge in [-0.05, 0) is 30.6 Å². The number of hydrogen-bond acceptors (Lipinski definition) is 2. The lowest BCUT2D eigenvalue weighted by molar-refractivity contribution is -0.117. The van der Waals surface area contributed by atoms with Gasteiger partial charge in [0.25, 0.3) is 0 Å². The summed E-state index contributed by atoms with van der Waals surface area (Å²) in [5.41, 5.74) is -0.0344. The fourth-order valence-corrected chi connectivity index (χ4v) is 3.58. The summed E-state index contributed by atoms with van der Waals surface area (Å²) in [6, 6.07) is 0. The van der Waals surface area contributed by atoms with Crippen LogP contribution in [0.3, 0.4) is 0 Å². The minimum atomic E-state index is -3.88. The molecule has 4 nitrogen and oxygen atoms in total. The summed E-state index contributed by atoms with van der Waals surface area (Å²) in [4.78, 5) is 29.1. The Morgan fingerprint density at radius 3 is 2.47 bits per heavy atom. The van der Waals surface area contributed by atoms with Crippen molar-refractivity contribution in [1.82, 2.24) is 0 Å². The lowest BCUT2D eigenvalue weighted by Gasteiger charge is -2.31. The van der Waals surface area contributed by atoms with Gasteiger partial charge in [0, 0.05) is 12.6 Å². The van der Waals surface area contributed by atoms with Gasteiger partial charge in [-0.15, -0.1) is 0 Å².